The molecule has 1 aromatic carbocycles. The molecule has 0 saturated heterocycles. The second-order valence-corrected chi connectivity index (χ2v) is 5.71. The van der Waals surface area contributed by atoms with Gasteiger partial charge in [0.1, 0.15) is 11.3 Å². The van der Waals surface area contributed by atoms with Crippen LogP contribution < -0.4 is 0 Å². The molecule has 0 unspecified atom stereocenters. The van der Waals surface area contributed by atoms with Gasteiger partial charge in [0.2, 0.25) is 0 Å². The summed E-state index contributed by atoms with van der Waals surface area (Å²) in [6.07, 6.45) is 4.65. The van der Waals surface area contributed by atoms with E-state index >= 15 is 0 Å². The topological polar surface area (TPSA) is 54.4 Å². The van der Waals surface area contributed by atoms with Gasteiger partial charge in [-0.3, -0.25) is 9.59 Å². The average molecular weight is 282 g/mol. The molecule has 1 aliphatic rings. The second kappa shape index (κ2) is 5.52. The van der Waals surface area contributed by atoms with Gasteiger partial charge in [0.25, 0.3) is 0 Å². The largest absolute Gasteiger partial charge is 0.507 e. The molecule has 3 nitrogen and oxygen atoms in total. The summed E-state index contributed by atoms with van der Waals surface area (Å²) < 4.78 is 0. The molecule has 0 bridgehead atoms. The number of allylic oxidation sites excluding steroid dienone is 4. The van der Waals surface area contributed by atoms with Gasteiger partial charge in [-0.1, -0.05) is 42.5 Å². The Morgan fingerprint density at radius 3 is 2.43 bits per heavy atom. The molecule has 0 amide bonds. The highest BCUT2D eigenvalue weighted by Gasteiger charge is 2.37. The van der Waals surface area contributed by atoms with Crippen molar-refractivity contribution < 1.29 is 14.7 Å². The van der Waals surface area contributed by atoms with Crippen molar-refractivity contribution in [3.8, 4) is 0 Å². The highest BCUT2D eigenvalue weighted by Crippen LogP contribution is 2.33. The van der Waals surface area contributed by atoms with Crippen LogP contribution in [0.15, 0.2) is 59.4 Å². The molecule has 0 atom stereocenters. The standard InChI is InChI=1S/C18H18O3/c1-12-11-18(2,3)17(21)15(16(12)20)14(19)10-9-13-7-5-4-6-8-13/h4-11,20H,1-3H3. The zero-order chi connectivity index (χ0) is 15.6. The number of carbonyl (C=O) groups is 2. The van der Waals surface area contributed by atoms with Gasteiger partial charge in [0.15, 0.2) is 11.6 Å². The van der Waals surface area contributed by atoms with E-state index in [1.54, 1.807) is 32.9 Å². The van der Waals surface area contributed by atoms with Crippen LogP contribution >= 0.6 is 0 Å². The lowest BCUT2D eigenvalue weighted by atomic mass is 9.76. The molecule has 0 aliphatic heterocycles. The van der Waals surface area contributed by atoms with Gasteiger partial charge in [-0.25, -0.2) is 0 Å². The molecule has 0 radical (unpaired) electrons. The fourth-order valence-electron chi connectivity index (χ4n) is 2.35. The molecule has 0 fully saturated rings. The molecule has 3 heteroatoms. The molecular formula is C18H18O3. The van der Waals surface area contributed by atoms with Gasteiger partial charge in [-0.15, -0.1) is 0 Å². The van der Waals surface area contributed by atoms with E-state index in [2.05, 4.69) is 0 Å². The Morgan fingerprint density at radius 2 is 1.81 bits per heavy atom. The van der Waals surface area contributed by atoms with Crippen molar-refractivity contribution in [3.63, 3.8) is 0 Å². The number of aliphatic hydroxyl groups is 1. The molecule has 1 aliphatic carbocycles. The maximum atomic E-state index is 12.3. The Morgan fingerprint density at radius 1 is 1.19 bits per heavy atom. The third-order valence-corrected chi connectivity index (χ3v) is 3.47. The summed E-state index contributed by atoms with van der Waals surface area (Å²) >= 11 is 0. The van der Waals surface area contributed by atoms with E-state index < -0.39 is 11.2 Å². The first kappa shape index (κ1) is 15.0. The molecule has 0 saturated carbocycles. The summed E-state index contributed by atoms with van der Waals surface area (Å²) in [5.74, 6) is -1.04. The number of hydrogen-bond donors (Lipinski definition) is 1. The smallest absolute Gasteiger partial charge is 0.193 e. The van der Waals surface area contributed by atoms with Crippen LogP contribution in [0.5, 0.6) is 0 Å². The minimum Gasteiger partial charge on any atom is -0.507 e. The predicted molar refractivity (Wildman–Crippen MR) is 82.7 cm³/mol. The molecule has 21 heavy (non-hydrogen) atoms. The fraction of sp³-hybridized carbons (Fsp3) is 0.222. The zero-order valence-electron chi connectivity index (χ0n) is 12.4. The van der Waals surface area contributed by atoms with E-state index in [1.807, 2.05) is 30.3 Å². The van der Waals surface area contributed by atoms with Gasteiger partial charge in [-0.05, 0) is 38.0 Å². The SMILES string of the molecule is CC1=CC(C)(C)C(=O)C(C(=O)C=Cc2ccccc2)=C1O. The van der Waals surface area contributed by atoms with Crippen LogP contribution in [-0.2, 0) is 9.59 Å². The van der Waals surface area contributed by atoms with Gasteiger partial charge in [0, 0.05) is 5.41 Å². The van der Waals surface area contributed by atoms with Crippen LogP contribution in [0.25, 0.3) is 6.08 Å². The summed E-state index contributed by atoms with van der Waals surface area (Å²) in [6.45, 7) is 5.16. The molecule has 1 N–H and O–H groups in total. The van der Waals surface area contributed by atoms with Gasteiger partial charge in [0.05, 0.1) is 0 Å². The van der Waals surface area contributed by atoms with E-state index in [4.69, 9.17) is 0 Å². The highest BCUT2D eigenvalue weighted by atomic mass is 16.3. The van der Waals surface area contributed by atoms with Crippen molar-refractivity contribution >= 4 is 17.6 Å². The lowest BCUT2D eigenvalue weighted by Crippen LogP contribution is -2.31. The van der Waals surface area contributed by atoms with Crippen molar-refractivity contribution in [2.24, 2.45) is 5.41 Å². The van der Waals surface area contributed by atoms with Crippen molar-refractivity contribution in [1.82, 2.24) is 0 Å². The third-order valence-electron chi connectivity index (χ3n) is 3.47. The van der Waals surface area contributed by atoms with Crippen molar-refractivity contribution in [2.45, 2.75) is 20.8 Å². The first-order valence-corrected chi connectivity index (χ1v) is 6.78. The number of aliphatic hydroxyl groups excluding tert-OH is 1. The Bertz CT molecular complexity index is 674. The van der Waals surface area contributed by atoms with E-state index in [-0.39, 0.29) is 17.1 Å². The highest BCUT2D eigenvalue weighted by molar-refractivity contribution is 6.27. The van der Waals surface area contributed by atoms with Crippen LogP contribution in [0.2, 0.25) is 0 Å². The fourth-order valence-corrected chi connectivity index (χ4v) is 2.35. The third kappa shape index (κ3) is 3.02. The Kier molecular flexibility index (Phi) is 3.94. The number of Topliss-reactive ketones (excluding diaryl/α,β-unsaturated/α-hetero) is 1. The average Bonchev–Trinajstić information content (AvgIpc) is 2.44. The van der Waals surface area contributed by atoms with E-state index in [9.17, 15) is 14.7 Å². The minimum absolute atomic E-state index is 0.132. The molecule has 0 spiro atoms. The quantitative estimate of drug-likeness (QED) is 0.680. The first-order valence-electron chi connectivity index (χ1n) is 6.78. The van der Waals surface area contributed by atoms with Crippen LogP contribution in [0.1, 0.15) is 26.3 Å². The molecule has 108 valence electrons. The molecular weight excluding hydrogens is 264 g/mol. The summed E-state index contributed by atoms with van der Waals surface area (Å²) in [4.78, 5) is 24.6. The monoisotopic (exact) mass is 282 g/mol. The maximum absolute atomic E-state index is 12.3. The Labute approximate surface area is 124 Å². The Balaban J connectivity index is 2.34. The number of hydrogen-bond acceptors (Lipinski definition) is 3. The summed E-state index contributed by atoms with van der Waals surface area (Å²) in [5.41, 5.74) is 0.506. The van der Waals surface area contributed by atoms with E-state index in [1.165, 1.54) is 6.08 Å². The van der Waals surface area contributed by atoms with Crippen LogP contribution in [0.4, 0.5) is 0 Å². The number of benzene rings is 1. The van der Waals surface area contributed by atoms with Crippen molar-refractivity contribution in [3.05, 3.63) is 65.0 Å². The molecule has 1 aromatic rings. The lowest BCUT2D eigenvalue weighted by molar-refractivity contribution is -0.124. The molecule has 0 heterocycles. The van der Waals surface area contributed by atoms with Crippen LogP contribution in [-0.4, -0.2) is 16.7 Å². The van der Waals surface area contributed by atoms with Crippen molar-refractivity contribution in [2.75, 3.05) is 0 Å². The van der Waals surface area contributed by atoms with Gasteiger partial charge in [-0.2, -0.15) is 0 Å². The predicted octanol–water partition coefficient (Wildman–Crippen LogP) is 3.64. The minimum atomic E-state index is -0.776. The lowest BCUT2D eigenvalue weighted by Gasteiger charge is -2.26. The second-order valence-electron chi connectivity index (χ2n) is 5.71. The number of ketones is 2. The van der Waals surface area contributed by atoms with Crippen LogP contribution in [0, 0.1) is 5.41 Å². The van der Waals surface area contributed by atoms with Crippen molar-refractivity contribution in [1.29, 1.82) is 0 Å². The van der Waals surface area contributed by atoms with Gasteiger partial charge < -0.3 is 5.11 Å². The summed E-state index contributed by atoms with van der Waals surface area (Å²) in [7, 11) is 0. The zero-order valence-corrected chi connectivity index (χ0v) is 12.4. The Hall–Kier alpha value is -2.42. The number of rotatable bonds is 3. The van der Waals surface area contributed by atoms with E-state index in [0.29, 0.717) is 5.57 Å². The molecule has 0 aromatic heterocycles. The summed E-state index contributed by atoms with van der Waals surface area (Å²) in [5, 5.41) is 10.0. The van der Waals surface area contributed by atoms with Gasteiger partial charge >= 0.3 is 0 Å². The first-order chi connectivity index (χ1) is 9.83. The normalized spacial score (nSPS) is 18.0. The maximum Gasteiger partial charge on any atom is 0.193 e. The summed E-state index contributed by atoms with van der Waals surface area (Å²) in [6, 6.07) is 9.33. The van der Waals surface area contributed by atoms with Crippen LogP contribution in [0.3, 0.4) is 0 Å². The van der Waals surface area contributed by atoms with E-state index in [0.717, 1.165) is 5.56 Å². The number of carbonyl (C=O) groups excluding carboxylic acids is 2. The molecule has 2 rings (SSSR count).